The molecule has 0 spiro atoms. The molecule has 0 aliphatic rings. The van der Waals surface area contributed by atoms with Gasteiger partial charge in [0.2, 0.25) is 0 Å². The molecule has 0 unspecified atom stereocenters. The van der Waals surface area contributed by atoms with E-state index in [9.17, 15) is 9.59 Å². The summed E-state index contributed by atoms with van der Waals surface area (Å²) in [5, 5.41) is 0. The van der Waals surface area contributed by atoms with Crippen molar-refractivity contribution in [1.29, 1.82) is 0 Å². The molecule has 15 heavy (non-hydrogen) atoms. The summed E-state index contributed by atoms with van der Waals surface area (Å²) in [7, 11) is 0. The highest BCUT2D eigenvalue weighted by molar-refractivity contribution is 5.81. The Labute approximate surface area is 90.2 Å². The van der Waals surface area contributed by atoms with Crippen LogP contribution in [0.2, 0.25) is 0 Å². The van der Waals surface area contributed by atoms with E-state index in [1.54, 1.807) is 27.7 Å². The lowest BCUT2D eigenvalue weighted by molar-refractivity contribution is -0.159. The molecular weight excluding hydrogens is 196 g/mol. The van der Waals surface area contributed by atoms with E-state index < -0.39 is 17.2 Å². The number of carbonyl (C=O) groups is 2. The molecule has 0 fully saturated rings. The normalized spacial score (nSPS) is 11.7. The number of carbonyl (C=O) groups excluding carboxylic acids is 2. The Morgan fingerprint density at radius 1 is 1.27 bits per heavy atom. The number of rotatable bonds is 6. The van der Waals surface area contributed by atoms with Gasteiger partial charge in [-0.1, -0.05) is 6.58 Å². The molecule has 0 amide bonds. The third-order valence-electron chi connectivity index (χ3n) is 1.76. The molecule has 0 aliphatic carbocycles. The minimum absolute atomic E-state index is 0.394. The summed E-state index contributed by atoms with van der Waals surface area (Å²) in [5.41, 5.74) is -1.36. The molecule has 0 N–H and O–H groups in total. The van der Waals surface area contributed by atoms with Crippen LogP contribution in [0.25, 0.3) is 0 Å². The van der Waals surface area contributed by atoms with Gasteiger partial charge in [0, 0.05) is 12.5 Å². The molecular formula is C11H18O4. The summed E-state index contributed by atoms with van der Waals surface area (Å²) in [5.74, 6) is -0.484. The maximum absolute atomic E-state index is 11.0. The van der Waals surface area contributed by atoms with Crippen LogP contribution in [0.15, 0.2) is 12.7 Å². The van der Waals surface area contributed by atoms with E-state index in [1.807, 2.05) is 0 Å². The zero-order valence-electron chi connectivity index (χ0n) is 9.70. The van der Waals surface area contributed by atoms with Gasteiger partial charge in [-0.25, -0.2) is 4.79 Å². The van der Waals surface area contributed by atoms with Crippen molar-refractivity contribution >= 4 is 12.4 Å². The minimum atomic E-state index is -0.697. The van der Waals surface area contributed by atoms with Crippen LogP contribution in [0, 0.1) is 0 Å². The van der Waals surface area contributed by atoms with Gasteiger partial charge in [-0.2, -0.15) is 0 Å². The van der Waals surface area contributed by atoms with Gasteiger partial charge in [-0.15, -0.1) is 0 Å². The number of hydrogen-bond acceptors (Lipinski definition) is 4. The van der Waals surface area contributed by atoms with Crippen molar-refractivity contribution in [2.75, 3.05) is 0 Å². The van der Waals surface area contributed by atoms with Crippen LogP contribution in [0.1, 0.15) is 34.1 Å². The lowest BCUT2D eigenvalue weighted by atomic mass is 9.92. The van der Waals surface area contributed by atoms with E-state index in [1.165, 1.54) is 0 Å². The first-order valence-corrected chi connectivity index (χ1v) is 4.69. The maximum Gasteiger partial charge on any atom is 0.330 e. The highest BCUT2D eigenvalue weighted by atomic mass is 16.6. The summed E-state index contributed by atoms with van der Waals surface area (Å²) < 4.78 is 10.00. The Morgan fingerprint density at radius 2 is 1.80 bits per heavy atom. The Kier molecular flexibility index (Phi) is 4.52. The molecule has 0 bridgehead atoms. The molecule has 0 heterocycles. The minimum Gasteiger partial charge on any atom is -0.462 e. The topological polar surface area (TPSA) is 52.6 Å². The van der Waals surface area contributed by atoms with E-state index in [0.29, 0.717) is 12.9 Å². The zero-order chi connectivity index (χ0) is 12.1. The molecule has 0 aliphatic heterocycles. The lowest BCUT2D eigenvalue weighted by Gasteiger charge is -2.32. The average Bonchev–Trinajstić information content (AvgIpc) is 2.00. The fraction of sp³-hybridized carbons (Fsp3) is 0.636. The third kappa shape index (κ3) is 5.88. The standard InChI is InChI=1S/C11H18O4/c1-6-9(13)15-11(4,5)7-10(2,3)14-8-12/h6,8H,1,7H2,2-5H3. The average molecular weight is 214 g/mol. The Bertz CT molecular complexity index is 253. The quantitative estimate of drug-likeness (QED) is 0.384. The fourth-order valence-electron chi connectivity index (χ4n) is 1.55. The van der Waals surface area contributed by atoms with Crippen LogP contribution in [0.4, 0.5) is 0 Å². The van der Waals surface area contributed by atoms with Gasteiger partial charge in [-0.3, -0.25) is 4.79 Å². The van der Waals surface area contributed by atoms with E-state index in [0.717, 1.165) is 6.08 Å². The van der Waals surface area contributed by atoms with Crippen molar-refractivity contribution in [2.24, 2.45) is 0 Å². The van der Waals surface area contributed by atoms with Crippen LogP contribution in [-0.4, -0.2) is 23.6 Å². The van der Waals surface area contributed by atoms with Crippen LogP contribution < -0.4 is 0 Å². The highest BCUT2D eigenvalue weighted by Crippen LogP contribution is 2.25. The van der Waals surface area contributed by atoms with Crippen LogP contribution in [0.3, 0.4) is 0 Å². The van der Waals surface area contributed by atoms with Gasteiger partial charge in [0.25, 0.3) is 6.47 Å². The van der Waals surface area contributed by atoms with Gasteiger partial charge < -0.3 is 9.47 Å². The molecule has 86 valence electrons. The van der Waals surface area contributed by atoms with Gasteiger partial charge in [0.05, 0.1) is 0 Å². The van der Waals surface area contributed by atoms with E-state index >= 15 is 0 Å². The molecule has 0 saturated heterocycles. The summed E-state index contributed by atoms with van der Waals surface area (Å²) in [6.45, 7) is 10.7. The van der Waals surface area contributed by atoms with Gasteiger partial charge >= 0.3 is 5.97 Å². The van der Waals surface area contributed by atoms with Crippen molar-refractivity contribution in [3.05, 3.63) is 12.7 Å². The molecule has 0 aromatic heterocycles. The molecule has 0 atom stereocenters. The van der Waals surface area contributed by atoms with Crippen molar-refractivity contribution in [1.82, 2.24) is 0 Å². The number of hydrogen-bond donors (Lipinski definition) is 0. The molecule has 0 rings (SSSR count). The highest BCUT2D eigenvalue weighted by Gasteiger charge is 2.32. The van der Waals surface area contributed by atoms with Crippen LogP contribution >= 0.6 is 0 Å². The Morgan fingerprint density at radius 3 is 2.20 bits per heavy atom. The number of ether oxygens (including phenoxy) is 2. The van der Waals surface area contributed by atoms with Crippen molar-refractivity contribution in [3.63, 3.8) is 0 Å². The first-order chi connectivity index (χ1) is 6.72. The molecule has 4 heteroatoms. The van der Waals surface area contributed by atoms with Gasteiger partial charge in [0.1, 0.15) is 11.2 Å². The third-order valence-corrected chi connectivity index (χ3v) is 1.76. The molecule has 0 saturated carbocycles. The molecule has 0 radical (unpaired) electrons. The Balaban J connectivity index is 4.41. The number of esters is 1. The largest absolute Gasteiger partial charge is 0.462 e. The van der Waals surface area contributed by atoms with Gasteiger partial charge in [-0.05, 0) is 27.7 Å². The second-order valence-corrected chi connectivity index (χ2v) is 4.54. The van der Waals surface area contributed by atoms with Crippen molar-refractivity contribution in [2.45, 2.75) is 45.3 Å². The second kappa shape index (κ2) is 4.96. The fourth-order valence-corrected chi connectivity index (χ4v) is 1.55. The summed E-state index contributed by atoms with van der Waals surface area (Å²) >= 11 is 0. The van der Waals surface area contributed by atoms with E-state index in [2.05, 4.69) is 6.58 Å². The zero-order valence-corrected chi connectivity index (χ0v) is 9.70. The maximum atomic E-state index is 11.0. The predicted octanol–water partition coefficient (Wildman–Crippen LogP) is 1.84. The van der Waals surface area contributed by atoms with Crippen LogP contribution in [-0.2, 0) is 19.1 Å². The first kappa shape index (κ1) is 13.7. The smallest absolute Gasteiger partial charge is 0.330 e. The van der Waals surface area contributed by atoms with E-state index in [-0.39, 0.29) is 0 Å². The summed E-state index contributed by atoms with van der Waals surface area (Å²) in [4.78, 5) is 21.3. The second-order valence-electron chi connectivity index (χ2n) is 4.54. The summed E-state index contributed by atoms with van der Waals surface area (Å²) in [6.07, 6.45) is 1.52. The van der Waals surface area contributed by atoms with Crippen molar-refractivity contribution in [3.8, 4) is 0 Å². The Hall–Kier alpha value is -1.32. The summed E-state index contributed by atoms with van der Waals surface area (Å²) in [6, 6.07) is 0. The SMILES string of the molecule is C=CC(=O)OC(C)(C)CC(C)(C)OC=O. The first-order valence-electron chi connectivity index (χ1n) is 4.69. The predicted molar refractivity (Wildman–Crippen MR) is 56.2 cm³/mol. The van der Waals surface area contributed by atoms with Gasteiger partial charge in [0.15, 0.2) is 0 Å². The molecule has 0 aromatic rings. The monoisotopic (exact) mass is 214 g/mol. The van der Waals surface area contributed by atoms with Crippen LogP contribution in [0.5, 0.6) is 0 Å². The van der Waals surface area contributed by atoms with Crippen molar-refractivity contribution < 1.29 is 19.1 Å². The van der Waals surface area contributed by atoms with E-state index in [4.69, 9.17) is 9.47 Å². The lowest BCUT2D eigenvalue weighted by Crippen LogP contribution is -2.38. The molecule has 4 nitrogen and oxygen atoms in total. The molecule has 0 aromatic carbocycles.